The third-order valence-corrected chi connectivity index (χ3v) is 3.67. The fourth-order valence-electron chi connectivity index (χ4n) is 1.44. The molecule has 98 valence electrons. The lowest BCUT2D eigenvalue weighted by molar-refractivity contribution is 1.34. The van der Waals surface area contributed by atoms with Crippen LogP contribution in [0.15, 0.2) is 41.5 Å². The smallest absolute Gasteiger partial charge is 0.0598 e. The highest BCUT2D eigenvalue weighted by atomic mass is 35.5. The summed E-state index contributed by atoms with van der Waals surface area (Å²) in [6, 6.07) is 11.0. The van der Waals surface area contributed by atoms with Gasteiger partial charge >= 0.3 is 0 Å². The van der Waals surface area contributed by atoms with Crippen LogP contribution in [0, 0.1) is 6.92 Å². The number of rotatable bonds is 3. The summed E-state index contributed by atoms with van der Waals surface area (Å²) >= 11 is 17.8. The molecule has 0 saturated heterocycles. The second-order valence-electron chi connectivity index (χ2n) is 4.01. The molecule has 0 radical (unpaired) electrons. The molecule has 0 aliphatic carbocycles. The Balaban J connectivity index is 2.06. The third kappa shape index (κ3) is 3.87. The molecule has 0 atom stereocenters. The number of hydrogen-bond acceptors (Lipinski definition) is 2. The quantitative estimate of drug-likeness (QED) is 0.595. The first-order valence-corrected chi connectivity index (χ1v) is 6.70. The summed E-state index contributed by atoms with van der Waals surface area (Å²) in [5, 5.41) is 5.85. The van der Waals surface area contributed by atoms with Gasteiger partial charge < -0.3 is 0 Å². The summed E-state index contributed by atoms with van der Waals surface area (Å²) in [6.07, 6.45) is 1.66. The predicted octanol–water partition coefficient (Wildman–Crippen LogP) is 5.40. The molecule has 0 saturated carbocycles. The van der Waals surface area contributed by atoms with Gasteiger partial charge in [0.25, 0.3) is 0 Å². The predicted molar refractivity (Wildman–Crippen MR) is 83.9 cm³/mol. The van der Waals surface area contributed by atoms with E-state index in [0.717, 1.165) is 16.8 Å². The Kier molecular flexibility index (Phi) is 4.70. The zero-order valence-corrected chi connectivity index (χ0v) is 12.4. The van der Waals surface area contributed by atoms with Gasteiger partial charge in [-0.1, -0.05) is 46.9 Å². The topological polar surface area (TPSA) is 24.4 Å². The van der Waals surface area contributed by atoms with Gasteiger partial charge in [-0.15, -0.1) is 0 Å². The summed E-state index contributed by atoms with van der Waals surface area (Å²) in [7, 11) is 0. The van der Waals surface area contributed by atoms with E-state index >= 15 is 0 Å². The fraction of sp³-hybridized carbons (Fsp3) is 0.0714. The van der Waals surface area contributed by atoms with Gasteiger partial charge in [-0.05, 0) is 42.3 Å². The van der Waals surface area contributed by atoms with E-state index in [4.69, 9.17) is 34.8 Å². The Morgan fingerprint density at radius 3 is 2.42 bits per heavy atom. The first-order chi connectivity index (χ1) is 9.06. The molecule has 0 unspecified atom stereocenters. The lowest BCUT2D eigenvalue weighted by Gasteiger charge is -2.03. The molecular weight excluding hydrogens is 303 g/mol. The number of nitrogens with zero attached hydrogens (tertiary/aromatic N) is 1. The van der Waals surface area contributed by atoms with E-state index in [-0.39, 0.29) is 0 Å². The highest BCUT2D eigenvalue weighted by molar-refractivity contribution is 6.42. The minimum Gasteiger partial charge on any atom is -0.278 e. The number of aryl methyl sites for hydroxylation is 1. The molecule has 1 N–H and O–H groups in total. The molecule has 2 rings (SSSR count). The Hall–Kier alpha value is -1.22. The average Bonchev–Trinajstić information content (AvgIpc) is 2.38. The van der Waals surface area contributed by atoms with E-state index in [2.05, 4.69) is 10.5 Å². The molecule has 0 bridgehead atoms. The van der Waals surface area contributed by atoms with Crippen molar-refractivity contribution in [2.75, 3.05) is 5.43 Å². The van der Waals surface area contributed by atoms with Crippen LogP contribution >= 0.6 is 34.8 Å². The Morgan fingerprint density at radius 2 is 1.74 bits per heavy atom. The molecule has 5 heteroatoms. The number of hydrogen-bond donors (Lipinski definition) is 1. The zero-order chi connectivity index (χ0) is 13.8. The van der Waals surface area contributed by atoms with Crippen molar-refractivity contribution >= 4 is 46.7 Å². The monoisotopic (exact) mass is 312 g/mol. The van der Waals surface area contributed by atoms with Gasteiger partial charge in [0.1, 0.15) is 0 Å². The molecular formula is C14H11Cl3N2. The van der Waals surface area contributed by atoms with E-state index in [1.165, 1.54) is 0 Å². The van der Waals surface area contributed by atoms with Crippen molar-refractivity contribution in [1.29, 1.82) is 0 Å². The number of anilines is 1. The molecule has 0 heterocycles. The first-order valence-electron chi connectivity index (χ1n) is 5.56. The molecule has 2 nitrogen and oxygen atoms in total. The van der Waals surface area contributed by atoms with Crippen molar-refractivity contribution < 1.29 is 0 Å². The van der Waals surface area contributed by atoms with E-state index in [1.54, 1.807) is 18.3 Å². The highest BCUT2D eigenvalue weighted by Crippen LogP contribution is 2.22. The van der Waals surface area contributed by atoms with Gasteiger partial charge in [0.05, 0.1) is 21.9 Å². The van der Waals surface area contributed by atoms with Crippen LogP contribution in [-0.2, 0) is 0 Å². The normalized spacial score (nSPS) is 10.9. The Labute approximate surface area is 127 Å². The van der Waals surface area contributed by atoms with Crippen LogP contribution in [-0.4, -0.2) is 6.21 Å². The lowest BCUT2D eigenvalue weighted by atomic mass is 10.2. The van der Waals surface area contributed by atoms with Crippen LogP contribution in [0.5, 0.6) is 0 Å². The molecule has 2 aromatic carbocycles. The minimum atomic E-state index is 0.504. The number of halogens is 3. The molecule has 0 spiro atoms. The summed E-state index contributed by atoms with van der Waals surface area (Å²) in [4.78, 5) is 0. The molecule has 19 heavy (non-hydrogen) atoms. The molecule has 0 aromatic heterocycles. The number of hydrazone groups is 1. The first kappa shape index (κ1) is 14.2. The van der Waals surface area contributed by atoms with Crippen molar-refractivity contribution in [3.05, 3.63) is 62.6 Å². The van der Waals surface area contributed by atoms with Crippen LogP contribution in [0.3, 0.4) is 0 Å². The molecule has 0 aliphatic rings. The molecule has 0 fully saturated rings. The van der Waals surface area contributed by atoms with E-state index in [1.807, 2.05) is 31.2 Å². The Bertz CT molecular complexity index is 624. The van der Waals surface area contributed by atoms with E-state index < -0.39 is 0 Å². The van der Waals surface area contributed by atoms with Crippen LogP contribution in [0.2, 0.25) is 15.1 Å². The summed E-state index contributed by atoms with van der Waals surface area (Å²) in [5.74, 6) is 0. The summed E-state index contributed by atoms with van der Waals surface area (Å²) in [5.41, 5.74) is 5.62. The van der Waals surface area contributed by atoms with Crippen molar-refractivity contribution in [1.82, 2.24) is 0 Å². The SMILES string of the molecule is Cc1ccc(N/N=C/c2ccc(Cl)c(Cl)c2)cc1Cl. The fourth-order valence-corrected chi connectivity index (χ4v) is 1.92. The van der Waals surface area contributed by atoms with Crippen molar-refractivity contribution in [3.8, 4) is 0 Å². The van der Waals surface area contributed by atoms with Gasteiger partial charge in [-0.2, -0.15) is 5.10 Å². The Morgan fingerprint density at radius 1 is 0.947 bits per heavy atom. The molecule has 0 aliphatic heterocycles. The second kappa shape index (κ2) is 6.29. The largest absolute Gasteiger partial charge is 0.278 e. The second-order valence-corrected chi connectivity index (χ2v) is 5.23. The van der Waals surface area contributed by atoms with Crippen LogP contribution in [0.4, 0.5) is 5.69 Å². The molecule has 0 amide bonds. The highest BCUT2D eigenvalue weighted by Gasteiger charge is 1.98. The maximum atomic E-state index is 6.02. The van der Waals surface area contributed by atoms with Crippen LogP contribution in [0.1, 0.15) is 11.1 Å². The van der Waals surface area contributed by atoms with Gasteiger partial charge in [-0.3, -0.25) is 5.43 Å². The van der Waals surface area contributed by atoms with E-state index in [0.29, 0.717) is 15.1 Å². The van der Waals surface area contributed by atoms with Crippen LogP contribution < -0.4 is 5.43 Å². The van der Waals surface area contributed by atoms with E-state index in [9.17, 15) is 0 Å². The standard InChI is InChI=1S/C14H11Cl3N2/c1-9-2-4-11(7-13(9)16)19-18-8-10-3-5-12(15)14(17)6-10/h2-8,19H,1H3/b18-8+. The average molecular weight is 314 g/mol. The van der Waals surface area contributed by atoms with Crippen molar-refractivity contribution in [2.45, 2.75) is 6.92 Å². The summed E-state index contributed by atoms with van der Waals surface area (Å²) in [6.45, 7) is 1.95. The molecule has 2 aromatic rings. The number of benzene rings is 2. The van der Waals surface area contributed by atoms with Gasteiger partial charge in [0.2, 0.25) is 0 Å². The van der Waals surface area contributed by atoms with Gasteiger partial charge in [0.15, 0.2) is 0 Å². The minimum absolute atomic E-state index is 0.504. The summed E-state index contributed by atoms with van der Waals surface area (Å²) < 4.78 is 0. The lowest BCUT2D eigenvalue weighted by Crippen LogP contribution is -1.91. The third-order valence-electron chi connectivity index (χ3n) is 2.52. The van der Waals surface area contributed by atoms with Gasteiger partial charge in [0, 0.05) is 5.02 Å². The number of nitrogens with one attached hydrogen (secondary N) is 1. The van der Waals surface area contributed by atoms with Crippen LogP contribution in [0.25, 0.3) is 0 Å². The maximum Gasteiger partial charge on any atom is 0.0598 e. The maximum absolute atomic E-state index is 6.02. The van der Waals surface area contributed by atoms with Gasteiger partial charge in [-0.25, -0.2) is 0 Å². The van der Waals surface area contributed by atoms with Crippen molar-refractivity contribution in [2.24, 2.45) is 5.10 Å². The zero-order valence-electron chi connectivity index (χ0n) is 10.1. The van der Waals surface area contributed by atoms with Crippen molar-refractivity contribution in [3.63, 3.8) is 0 Å².